The summed E-state index contributed by atoms with van der Waals surface area (Å²) in [5.74, 6) is -0.481. The normalized spacial score (nSPS) is 23.2. The maximum atomic E-state index is 13.9. The quantitative estimate of drug-likeness (QED) is 0.527. The molecule has 4 N–H and O–H groups in total. The SMILES string of the molecule is Cn1ncc(NC(O)c2csc(-c3ncccc3F)n2)c1[C@@H]1CC[C@@H](N)[C@H](F)CO1. The number of thiazole rings is 1. The summed E-state index contributed by atoms with van der Waals surface area (Å²) in [7, 11) is 1.75. The lowest BCUT2D eigenvalue weighted by Gasteiger charge is -2.19. The summed E-state index contributed by atoms with van der Waals surface area (Å²) in [5.41, 5.74) is 7.49. The largest absolute Gasteiger partial charge is 0.369 e. The standard InChI is InChI=1S/C19H22F2N6O2S/c1-27-17(15-5-4-12(22)11(21)8-29-15)13(7-24-27)25-18(28)14-9-30-19(26-14)16-10(20)3-2-6-23-16/h2-3,6-7,9,11-12,15,18,25,28H,4-5,8,22H2,1H3/t11-,12-,15+,18?/m1/s1. The second-order valence-corrected chi connectivity index (χ2v) is 7.96. The van der Waals surface area contributed by atoms with Crippen LogP contribution in [-0.2, 0) is 11.8 Å². The summed E-state index contributed by atoms with van der Waals surface area (Å²) in [6.07, 6.45) is 1.27. The summed E-state index contributed by atoms with van der Waals surface area (Å²) in [4.78, 5) is 8.31. The van der Waals surface area contributed by atoms with E-state index in [4.69, 9.17) is 10.5 Å². The molecule has 0 spiro atoms. The zero-order chi connectivity index (χ0) is 21.3. The van der Waals surface area contributed by atoms with Gasteiger partial charge in [-0.3, -0.25) is 9.67 Å². The summed E-state index contributed by atoms with van der Waals surface area (Å²) in [6, 6.07) is 2.24. The Morgan fingerprint density at radius 2 is 2.27 bits per heavy atom. The molecule has 0 amide bonds. The molecule has 4 heterocycles. The van der Waals surface area contributed by atoms with Crippen molar-refractivity contribution in [1.82, 2.24) is 19.7 Å². The van der Waals surface area contributed by atoms with Gasteiger partial charge in [-0.25, -0.2) is 13.8 Å². The average Bonchev–Trinajstić information content (AvgIpc) is 3.32. The third-order valence-corrected chi connectivity index (χ3v) is 5.90. The molecule has 3 aromatic rings. The second kappa shape index (κ2) is 8.72. The number of pyridine rings is 1. The van der Waals surface area contributed by atoms with Gasteiger partial charge in [0, 0.05) is 24.7 Å². The van der Waals surface area contributed by atoms with Gasteiger partial charge in [-0.15, -0.1) is 11.3 Å². The summed E-state index contributed by atoms with van der Waals surface area (Å²) >= 11 is 1.18. The van der Waals surface area contributed by atoms with E-state index in [-0.39, 0.29) is 12.3 Å². The van der Waals surface area contributed by atoms with E-state index in [9.17, 15) is 13.9 Å². The minimum Gasteiger partial charge on any atom is -0.369 e. The number of ether oxygens (including phenoxy) is 1. The lowest BCUT2D eigenvalue weighted by Crippen LogP contribution is -2.32. The molecule has 0 radical (unpaired) electrons. The Bertz CT molecular complexity index is 1000. The molecule has 0 bridgehead atoms. The smallest absolute Gasteiger partial charge is 0.169 e. The van der Waals surface area contributed by atoms with Crippen molar-refractivity contribution in [3.8, 4) is 10.7 Å². The predicted octanol–water partition coefficient (Wildman–Crippen LogP) is 2.70. The lowest BCUT2D eigenvalue weighted by molar-refractivity contribution is 0.0246. The van der Waals surface area contributed by atoms with E-state index in [0.717, 1.165) is 0 Å². The summed E-state index contributed by atoms with van der Waals surface area (Å²) in [5, 5.41) is 19.8. The molecule has 1 fully saturated rings. The number of nitrogens with one attached hydrogen (secondary N) is 1. The van der Waals surface area contributed by atoms with Gasteiger partial charge in [0.2, 0.25) is 0 Å². The van der Waals surface area contributed by atoms with Crippen LogP contribution in [-0.4, -0.2) is 43.7 Å². The van der Waals surface area contributed by atoms with Gasteiger partial charge in [-0.05, 0) is 25.0 Å². The third kappa shape index (κ3) is 4.19. The monoisotopic (exact) mass is 436 g/mol. The van der Waals surface area contributed by atoms with Gasteiger partial charge in [-0.2, -0.15) is 5.10 Å². The molecule has 30 heavy (non-hydrogen) atoms. The van der Waals surface area contributed by atoms with E-state index in [1.165, 1.54) is 29.7 Å². The zero-order valence-electron chi connectivity index (χ0n) is 16.2. The van der Waals surface area contributed by atoms with Gasteiger partial charge in [0.05, 0.1) is 24.2 Å². The van der Waals surface area contributed by atoms with Gasteiger partial charge in [0.15, 0.2) is 12.0 Å². The number of alkyl halides is 1. The minimum absolute atomic E-state index is 0.0932. The number of aliphatic hydroxyl groups excluding tert-OH is 1. The molecule has 8 nitrogen and oxygen atoms in total. The first kappa shape index (κ1) is 20.8. The first-order valence-corrected chi connectivity index (χ1v) is 10.4. The number of aliphatic hydroxyl groups is 1. The van der Waals surface area contributed by atoms with Crippen LogP contribution >= 0.6 is 11.3 Å². The molecule has 3 aromatic heterocycles. The molecule has 0 saturated carbocycles. The van der Waals surface area contributed by atoms with Gasteiger partial charge >= 0.3 is 0 Å². The van der Waals surface area contributed by atoms with E-state index < -0.39 is 30.4 Å². The highest BCUT2D eigenvalue weighted by atomic mass is 32.1. The van der Waals surface area contributed by atoms with Crippen LogP contribution in [0.15, 0.2) is 29.9 Å². The Labute approximate surface area is 175 Å². The van der Waals surface area contributed by atoms with Crippen molar-refractivity contribution in [1.29, 1.82) is 0 Å². The first-order chi connectivity index (χ1) is 14.4. The van der Waals surface area contributed by atoms with E-state index in [0.29, 0.717) is 34.9 Å². The fourth-order valence-corrected chi connectivity index (χ4v) is 4.21. The highest BCUT2D eigenvalue weighted by Gasteiger charge is 2.30. The van der Waals surface area contributed by atoms with Crippen molar-refractivity contribution in [2.45, 2.75) is 37.4 Å². The molecule has 4 rings (SSSR count). The number of halogens is 2. The minimum atomic E-state index is -1.22. The van der Waals surface area contributed by atoms with Gasteiger partial charge in [0.25, 0.3) is 0 Å². The molecule has 1 aliphatic heterocycles. The fraction of sp³-hybridized carbons (Fsp3) is 0.421. The van der Waals surface area contributed by atoms with E-state index in [1.807, 2.05) is 0 Å². The van der Waals surface area contributed by atoms with E-state index in [1.54, 1.807) is 23.3 Å². The predicted molar refractivity (Wildman–Crippen MR) is 108 cm³/mol. The van der Waals surface area contributed by atoms with Crippen LogP contribution in [0, 0.1) is 5.82 Å². The van der Waals surface area contributed by atoms with Crippen LogP contribution in [0.5, 0.6) is 0 Å². The number of aromatic nitrogens is 4. The lowest BCUT2D eigenvalue weighted by atomic mass is 10.0. The molecular weight excluding hydrogens is 414 g/mol. The van der Waals surface area contributed by atoms with Crippen molar-refractivity contribution in [3.63, 3.8) is 0 Å². The van der Waals surface area contributed by atoms with Crippen molar-refractivity contribution >= 4 is 17.0 Å². The highest BCUT2D eigenvalue weighted by Crippen LogP contribution is 2.34. The molecule has 0 aliphatic carbocycles. The van der Waals surface area contributed by atoms with Gasteiger partial charge < -0.3 is 20.9 Å². The van der Waals surface area contributed by atoms with Crippen LogP contribution in [0.1, 0.15) is 36.6 Å². The highest BCUT2D eigenvalue weighted by molar-refractivity contribution is 7.13. The van der Waals surface area contributed by atoms with Crippen LogP contribution in [0.3, 0.4) is 0 Å². The molecule has 1 aliphatic rings. The van der Waals surface area contributed by atoms with Crippen LogP contribution in [0.25, 0.3) is 10.7 Å². The number of rotatable bonds is 5. The zero-order valence-corrected chi connectivity index (χ0v) is 17.0. The first-order valence-electron chi connectivity index (χ1n) is 9.48. The second-order valence-electron chi connectivity index (χ2n) is 7.10. The Morgan fingerprint density at radius 3 is 3.07 bits per heavy atom. The third-order valence-electron chi connectivity index (χ3n) is 5.03. The van der Waals surface area contributed by atoms with E-state index >= 15 is 0 Å². The topological polar surface area (TPSA) is 111 Å². The molecule has 1 unspecified atom stereocenters. The molecular formula is C19H22F2N6O2S. The maximum absolute atomic E-state index is 13.9. The Kier molecular flexibility index (Phi) is 6.04. The number of nitrogens with zero attached hydrogens (tertiary/aromatic N) is 4. The van der Waals surface area contributed by atoms with Crippen molar-refractivity contribution < 1.29 is 18.6 Å². The Hall–Kier alpha value is -2.47. The van der Waals surface area contributed by atoms with Crippen molar-refractivity contribution in [3.05, 3.63) is 47.1 Å². The van der Waals surface area contributed by atoms with Crippen LogP contribution < -0.4 is 11.1 Å². The van der Waals surface area contributed by atoms with Crippen molar-refractivity contribution in [2.75, 3.05) is 11.9 Å². The number of aryl methyl sites for hydroxylation is 1. The molecule has 0 aromatic carbocycles. The Morgan fingerprint density at radius 1 is 1.43 bits per heavy atom. The number of hydrogen-bond acceptors (Lipinski definition) is 8. The van der Waals surface area contributed by atoms with Crippen molar-refractivity contribution in [2.24, 2.45) is 12.8 Å². The van der Waals surface area contributed by atoms with E-state index in [2.05, 4.69) is 20.4 Å². The van der Waals surface area contributed by atoms with Gasteiger partial charge in [-0.1, -0.05) is 0 Å². The Balaban J connectivity index is 1.52. The average molecular weight is 436 g/mol. The van der Waals surface area contributed by atoms with Crippen LogP contribution in [0.2, 0.25) is 0 Å². The van der Waals surface area contributed by atoms with Gasteiger partial charge in [0.1, 0.15) is 28.7 Å². The number of nitrogens with two attached hydrogens (primary N) is 1. The molecule has 1 saturated heterocycles. The molecule has 4 atom stereocenters. The number of hydrogen-bond donors (Lipinski definition) is 3. The summed E-state index contributed by atoms with van der Waals surface area (Å²) < 4.78 is 35.2. The maximum Gasteiger partial charge on any atom is 0.169 e. The van der Waals surface area contributed by atoms with Crippen LogP contribution in [0.4, 0.5) is 14.5 Å². The molecule has 11 heteroatoms. The fourth-order valence-electron chi connectivity index (χ4n) is 3.38. The summed E-state index contributed by atoms with van der Waals surface area (Å²) in [6.45, 7) is -0.0932. The number of anilines is 1. The molecule has 160 valence electrons.